The first-order chi connectivity index (χ1) is 9.06. The first-order valence-corrected chi connectivity index (χ1v) is 6.84. The largest absolute Gasteiger partial charge is 0.370 e. The molecule has 0 aliphatic heterocycles. The number of nitrogens with zero attached hydrogens (tertiary/aromatic N) is 2. The number of anilines is 1. The number of nitrogens with one attached hydrogen (secondary N) is 1. The Bertz CT molecular complexity index is 425. The van der Waals surface area contributed by atoms with E-state index >= 15 is 0 Å². The zero-order chi connectivity index (χ0) is 14.3. The summed E-state index contributed by atoms with van der Waals surface area (Å²) in [7, 11) is 0. The molecule has 106 valence electrons. The Balaban J connectivity index is 2.77. The number of primary amides is 1. The first-order valence-electron chi connectivity index (χ1n) is 6.46. The van der Waals surface area contributed by atoms with Gasteiger partial charge in [-0.05, 0) is 25.1 Å². The van der Waals surface area contributed by atoms with E-state index < -0.39 is 0 Å². The molecule has 0 saturated heterocycles. The van der Waals surface area contributed by atoms with E-state index in [9.17, 15) is 4.79 Å². The molecular weight excluding hydrogens is 264 g/mol. The van der Waals surface area contributed by atoms with Crippen molar-refractivity contribution in [3.05, 3.63) is 22.8 Å². The molecule has 5 nitrogen and oxygen atoms in total. The summed E-state index contributed by atoms with van der Waals surface area (Å²) in [6.07, 6.45) is 1.03. The maximum absolute atomic E-state index is 11.0. The standard InChI is InChI=1S/C13H21ClN4O/c1-3-7-16-13-6-5-10(14)11(17-13)8-18(4-2)9-12(15)19/h5-6H,3-4,7-9H2,1-2H3,(H2,15,19)(H,16,17). The molecule has 3 N–H and O–H groups in total. The molecule has 0 spiro atoms. The molecule has 0 radical (unpaired) electrons. The quantitative estimate of drug-likeness (QED) is 0.764. The molecule has 1 aromatic rings. The Morgan fingerprint density at radius 2 is 2.21 bits per heavy atom. The van der Waals surface area contributed by atoms with Crippen LogP contribution in [0.15, 0.2) is 12.1 Å². The second kappa shape index (κ2) is 7.96. The highest BCUT2D eigenvalue weighted by Gasteiger charge is 2.11. The Morgan fingerprint density at radius 1 is 1.47 bits per heavy atom. The van der Waals surface area contributed by atoms with Gasteiger partial charge in [0.05, 0.1) is 17.3 Å². The minimum atomic E-state index is -0.349. The van der Waals surface area contributed by atoms with Gasteiger partial charge in [-0.3, -0.25) is 9.69 Å². The molecule has 19 heavy (non-hydrogen) atoms. The second-order valence-electron chi connectivity index (χ2n) is 4.32. The van der Waals surface area contributed by atoms with Gasteiger partial charge in [0.15, 0.2) is 0 Å². The number of hydrogen-bond acceptors (Lipinski definition) is 4. The molecular formula is C13H21ClN4O. The van der Waals surface area contributed by atoms with Crippen molar-refractivity contribution < 1.29 is 4.79 Å². The van der Waals surface area contributed by atoms with Crippen LogP contribution in [0.25, 0.3) is 0 Å². The van der Waals surface area contributed by atoms with E-state index in [1.807, 2.05) is 24.0 Å². The molecule has 0 bridgehead atoms. The van der Waals surface area contributed by atoms with Crippen molar-refractivity contribution in [2.75, 3.05) is 25.0 Å². The lowest BCUT2D eigenvalue weighted by molar-refractivity contribution is -0.119. The molecule has 0 saturated carbocycles. The number of pyridine rings is 1. The van der Waals surface area contributed by atoms with Crippen LogP contribution < -0.4 is 11.1 Å². The molecule has 1 amide bonds. The van der Waals surface area contributed by atoms with Gasteiger partial charge in [0.25, 0.3) is 0 Å². The van der Waals surface area contributed by atoms with Gasteiger partial charge >= 0.3 is 0 Å². The van der Waals surface area contributed by atoms with Crippen LogP contribution in [0.5, 0.6) is 0 Å². The summed E-state index contributed by atoms with van der Waals surface area (Å²) in [5.74, 6) is 0.453. The minimum absolute atomic E-state index is 0.209. The number of amides is 1. The number of rotatable bonds is 8. The molecule has 0 aliphatic carbocycles. The molecule has 1 rings (SSSR count). The number of hydrogen-bond donors (Lipinski definition) is 2. The number of aromatic nitrogens is 1. The fraction of sp³-hybridized carbons (Fsp3) is 0.538. The molecule has 1 heterocycles. The third-order valence-corrected chi connectivity index (χ3v) is 3.02. The maximum Gasteiger partial charge on any atom is 0.231 e. The van der Waals surface area contributed by atoms with Crippen LogP contribution in [0.3, 0.4) is 0 Å². The zero-order valence-electron chi connectivity index (χ0n) is 11.4. The Morgan fingerprint density at radius 3 is 2.79 bits per heavy atom. The number of carbonyl (C=O) groups is 1. The minimum Gasteiger partial charge on any atom is -0.370 e. The van der Waals surface area contributed by atoms with Crippen LogP contribution in [0.2, 0.25) is 5.02 Å². The summed E-state index contributed by atoms with van der Waals surface area (Å²) in [6, 6.07) is 3.67. The summed E-state index contributed by atoms with van der Waals surface area (Å²) < 4.78 is 0. The lowest BCUT2D eigenvalue weighted by Crippen LogP contribution is -2.33. The van der Waals surface area contributed by atoms with E-state index in [-0.39, 0.29) is 12.5 Å². The third kappa shape index (κ3) is 5.44. The fourth-order valence-corrected chi connectivity index (χ4v) is 1.82. The van der Waals surface area contributed by atoms with Gasteiger partial charge in [-0.1, -0.05) is 25.4 Å². The SMILES string of the molecule is CCCNc1ccc(Cl)c(CN(CC)CC(N)=O)n1. The van der Waals surface area contributed by atoms with E-state index in [0.29, 0.717) is 18.1 Å². The van der Waals surface area contributed by atoms with Gasteiger partial charge in [0.2, 0.25) is 5.91 Å². The van der Waals surface area contributed by atoms with Crippen molar-refractivity contribution in [2.45, 2.75) is 26.8 Å². The van der Waals surface area contributed by atoms with Crippen molar-refractivity contribution >= 4 is 23.3 Å². The number of likely N-dealkylation sites (N-methyl/N-ethyl adjacent to an activating group) is 1. The Kier molecular flexibility index (Phi) is 6.59. The van der Waals surface area contributed by atoms with E-state index in [2.05, 4.69) is 17.2 Å². The van der Waals surface area contributed by atoms with E-state index in [0.717, 1.165) is 24.5 Å². The zero-order valence-corrected chi connectivity index (χ0v) is 12.2. The van der Waals surface area contributed by atoms with Crippen LogP contribution in [0.4, 0.5) is 5.82 Å². The molecule has 0 atom stereocenters. The summed E-state index contributed by atoms with van der Waals surface area (Å²) in [4.78, 5) is 17.3. The normalized spacial score (nSPS) is 10.7. The molecule has 6 heteroatoms. The van der Waals surface area contributed by atoms with E-state index in [1.54, 1.807) is 0 Å². The monoisotopic (exact) mass is 284 g/mol. The van der Waals surface area contributed by atoms with Gasteiger partial charge in [0, 0.05) is 13.1 Å². The predicted molar refractivity (Wildman–Crippen MR) is 78.2 cm³/mol. The molecule has 0 aliphatic rings. The van der Waals surface area contributed by atoms with Crippen molar-refractivity contribution in [3.63, 3.8) is 0 Å². The second-order valence-corrected chi connectivity index (χ2v) is 4.73. The van der Waals surface area contributed by atoms with Crippen molar-refractivity contribution in [3.8, 4) is 0 Å². The topological polar surface area (TPSA) is 71.2 Å². The van der Waals surface area contributed by atoms with Crippen LogP contribution in [0, 0.1) is 0 Å². The summed E-state index contributed by atoms with van der Waals surface area (Å²) in [6.45, 7) is 6.37. The number of carbonyl (C=O) groups excluding carboxylic acids is 1. The molecule has 1 aromatic heterocycles. The fourth-order valence-electron chi connectivity index (χ4n) is 1.66. The van der Waals surface area contributed by atoms with Gasteiger partial charge < -0.3 is 11.1 Å². The highest BCUT2D eigenvalue weighted by Crippen LogP contribution is 2.18. The summed E-state index contributed by atoms with van der Waals surface area (Å²) in [5, 5.41) is 3.82. The van der Waals surface area contributed by atoms with Crippen molar-refractivity contribution in [1.29, 1.82) is 0 Å². The average molecular weight is 285 g/mol. The Labute approximate surface area is 119 Å². The van der Waals surface area contributed by atoms with Gasteiger partial charge in [-0.15, -0.1) is 0 Å². The summed E-state index contributed by atoms with van der Waals surface area (Å²) >= 11 is 6.13. The predicted octanol–water partition coefficient (Wildman–Crippen LogP) is 1.86. The van der Waals surface area contributed by atoms with Gasteiger partial charge in [-0.2, -0.15) is 0 Å². The van der Waals surface area contributed by atoms with E-state index in [1.165, 1.54) is 0 Å². The average Bonchev–Trinajstić information content (AvgIpc) is 2.38. The molecule has 0 unspecified atom stereocenters. The Hall–Kier alpha value is -1.33. The highest BCUT2D eigenvalue weighted by atomic mass is 35.5. The van der Waals surface area contributed by atoms with Gasteiger partial charge in [-0.25, -0.2) is 4.98 Å². The first kappa shape index (κ1) is 15.7. The van der Waals surface area contributed by atoms with Gasteiger partial charge in [0.1, 0.15) is 5.82 Å². The van der Waals surface area contributed by atoms with Crippen LogP contribution >= 0.6 is 11.6 Å². The maximum atomic E-state index is 11.0. The summed E-state index contributed by atoms with van der Waals surface area (Å²) in [5.41, 5.74) is 5.97. The third-order valence-electron chi connectivity index (χ3n) is 2.67. The van der Waals surface area contributed by atoms with Crippen LogP contribution in [-0.2, 0) is 11.3 Å². The van der Waals surface area contributed by atoms with Crippen molar-refractivity contribution in [1.82, 2.24) is 9.88 Å². The van der Waals surface area contributed by atoms with Crippen LogP contribution in [-0.4, -0.2) is 35.4 Å². The molecule has 0 fully saturated rings. The van der Waals surface area contributed by atoms with Crippen LogP contribution in [0.1, 0.15) is 26.0 Å². The van der Waals surface area contributed by atoms with Crippen molar-refractivity contribution in [2.24, 2.45) is 5.73 Å². The number of halogens is 1. The highest BCUT2D eigenvalue weighted by molar-refractivity contribution is 6.31. The molecule has 0 aromatic carbocycles. The number of nitrogens with two attached hydrogens (primary N) is 1. The smallest absolute Gasteiger partial charge is 0.231 e. The van der Waals surface area contributed by atoms with E-state index in [4.69, 9.17) is 17.3 Å². The lowest BCUT2D eigenvalue weighted by atomic mass is 10.3. The lowest BCUT2D eigenvalue weighted by Gasteiger charge is -2.19.